The second-order valence-electron chi connectivity index (χ2n) is 6.70. The van der Waals surface area contributed by atoms with E-state index in [1.807, 2.05) is 0 Å². The minimum atomic E-state index is -0.344. The van der Waals surface area contributed by atoms with Gasteiger partial charge in [-0.1, -0.05) is 0 Å². The lowest BCUT2D eigenvalue weighted by Crippen LogP contribution is -2.48. The van der Waals surface area contributed by atoms with Crippen LogP contribution in [0, 0.1) is 5.92 Å². The highest BCUT2D eigenvalue weighted by atomic mass is 35.5. The van der Waals surface area contributed by atoms with Crippen molar-refractivity contribution in [3.05, 3.63) is 0 Å². The predicted molar refractivity (Wildman–Crippen MR) is 87.1 cm³/mol. The van der Waals surface area contributed by atoms with E-state index in [9.17, 15) is 9.59 Å². The lowest BCUT2D eigenvalue weighted by molar-refractivity contribution is -0.121. The van der Waals surface area contributed by atoms with E-state index in [4.69, 9.17) is 0 Å². The van der Waals surface area contributed by atoms with Crippen LogP contribution >= 0.6 is 12.4 Å². The SMILES string of the molecule is Cl.O=C(CN1CCC(NCC2CC2)CC1)NC(=O)NC1CC1. The van der Waals surface area contributed by atoms with E-state index in [1.54, 1.807) is 0 Å². The average molecular weight is 331 g/mol. The highest BCUT2D eigenvalue weighted by Crippen LogP contribution is 2.28. The first-order valence-electron chi connectivity index (χ1n) is 8.25. The van der Waals surface area contributed by atoms with Gasteiger partial charge in [-0.05, 0) is 51.0 Å². The molecule has 6 nitrogen and oxygen atoms in total. The number of hydrogen-bond donors (Lipinski definition) is 3. The number of likely N-dealkylation sites (tertiary alicyclic amines) is 1. The number of nitrogens with one attached hydrogen (secondary N) is 3. The summed E-state index contributed by atoms with van der Waals surface area (Å²) in [5.74, 6) is 0.719. The zero-order valence-electron chi connectivity index (χ0n) is 13.0. The highest BCUT2D eigenvalue weighted by Gasteiger charge is 2.26. The number of piperidine rings is 1. The third kappa shape index (κ3) is 6.10. The number of nitrogens with zero attached hydrogens (tertiary/aromatic N) is 1. The third-order valence-electron chi connectivity index (χ3n) is 4.51. The summed E-state index contributed by atoms with van der Waals surface area (Å²) < 4.78 is 0. The first-order valence-corrected chi connectivity index (χ1v) is 8.25. The molecule has 1 heterocycles. The van der Waals surface area contributed by atoms with Crippen molar-refractivity contribution in [3.63, 3.8) is 0 Å². The Labute approximate surface area is 138 Å². The van der Waals surface area contributed by atoms with Gasteiger partial charge in [-0.3, -0.25) is 15.0 Å². The third-order valence-corrected chi connectivity index (χ3v) is 4.51. The molecule has 1 saturated heterocycles. The van der Waals surface area contributed by atoms with Crippen LogP contribution in [-0.4, -0.2) is 55.1 Å². The van der Waals surface area contributed by atoms with Gasteiger partial charge in [0.25, 0.3) is 0 Å². The number of rotatable bonds is 6. The zero-order valence-corrected chi connectivity index (χ0v) is 13.8. The van der Waals surface area contributed by atoms with Crippen molar-refractivity contribution in [1.29, 1.82) is 0 Å². The van der Waals surface area contributed by atoms with Crippen molar-refractivity contribution in [2.24, 2.45) is 5.92 Å². The molecule has 3 amide bonds. The Morgan fingerprint density at radius 2 is 1.64 bits per heavy atom. The number of halogens is 1. The van der Waals surface area contributed by atoms with E-state index in [0.29, 0.717) is 12.6 Å². The van der Waals surface area contributed by atoms with Crippen LogP contribution in [0.4, 0.5) is 4.79 Å². The Bertz CT molecular complexity index is 391. The second-order valence-corrected chi connectivity index (χ2v) is 6.70. The van der Waals surface area contributed by atoms with E-state index in [1.165, 1.54) is 12.8 Å². The molecule has 0 radical (unpaired) electrons. The zero-order chi connectivity index (χ0) is 14.7. The monoisotopic (exact) mass is 330 g/mol. The summed E-state index contributed by atoms with van der Waals surface area (Å²) in [6.45, 7) is 3.35. The van der Waals surface area contributed by atoms with E-state index < -0.39 is 0 Å². The minimum absolute atomic E-state index is 0. The van der Waals surface area contributed by atoms with Crippen LogP contribution < -0.4 is 16.0 Å². The van der Waals surface area contributed by atoms with Gasteiger partial charge in [0.15, 0.2) is 0 Å². The molecule has 1 aliphatic heterocycles. The molecule has 0 atom stereocenters. The summed E-state index contributed by atoms with van der Waals surface area (Å²) in [5, 5.41) is 8.80. The number of amides is 3. The van der Waals surface area contributed by atoms with Gasteiger partial charge in [0.05, 0.1) is 6.54 Å². The molecule has 2 saturated carbocycles. The molecule has 3 rings (SSSR count). The molecule has 7 heteroatoms. The fraction of sp³-hybridized carbons (Fsp3) is 0.867. The molecular formula is C15H27ClN4O2. The van der Waals surface area contributed by atoms with Gasteiger partial charge in [-0.2, -0.15) is 0 Å². The lowest BCUT2D eigenvalue weighted by Gasteiger charge is -2.31. The average Bonchev–Trinajstić information content (AvgIpc) is 3.33. The van der Waals surface area contributed by atoms with Gasteiger partial charge in [-0.25, -0.2) is 4.79 Å². The Kier molecular flexibility index (Phi) is 6.47. The summed E-state index contributed by atoms with van der Waals surface area (Å²) in [4.78, 5) is 25.4. The van der Waals surface area contributed by atoms with Crippen molar-refractivity contribution < 1.29 is 9.59 Å². The molecule has 22 heavy (non-hydrogen) atoms. The molecule has 0 aromatic carbocycles. The molecular weight excluding hydrogens is 304 g/mol. The summed E-state index contributed by atoms with van der Waals surface area (Å²) in [5.41, 5.74) is 0. The highest BCUT2D eigenvalue weighted by molar-refractivity contribution is 5.95. The van der Waals surface area contributed by atoms with E-state index in [0.717, 1.165) is 51.2 Å². The molecule has 2 aliphatic carbocycles. The molecule has 0 aromatic heterocycles. The number of hydrogen-bond acceptors (Lipinski definition) is 4. The number of carbonyl (C=O) groups excluding carboxylic acids is 2. The van der Waals surface area contributed by atoms with Crippen LogP contribution in [0.2, 0.25) is 0 Å². The van der Waals surface area contributed by atoms with Crippen LogP contribution in [0.15, 0.2) is 0 Å². The maximum atomic E-state index is 11.8. The van der Waals surface area contributed by atoms with Crippen molar-refractivity contribution in [2.75, 3.05) is 26.2 Å². The lowest BCUT2D eigenvalue weighted by atomic mass is 10.0. The van der Waals surface area contributed by atoms with Crippen LogP contribution in [0.5, 0.6) is 0 Å². The van der Waals surface area contributed by atoms with Gasteiger partial charge in [-0.15, -0.1) is 12.4 Å². The fourth-order valence-electron chi connectivity index (χ4n) is 2.77. The second kappa shape index (κ2) is 8.13. The Morgan fingerprint density at radius 3 is 2.23 bits per heavy atom. The molecule has 3 fully saturated rings. The quantitative estimate of drug-likeness (QED) is 0.675. The number of carbonyl (C=O) groups is 2. The summed E-state index contributed by atoms with van der Waals surface area (Å²) in [6, 6.07) is 0.539. The van der Waals surface area contributed by atoms with E-state index in [2.05, 4.69) is 20.9 Å². The molecule has 0 spiro atoms. The summed E-state index contributed by atoms with van der Waals surface area (Å²) in [7, 11) is 0. The van der Waals surface area contributed by atoms with Crippen LogP contribution in [-0.2, 0) is 4.79 Å². The maximum absolute atomic E-state index is 11.8. The molecule has 3 aliphatic rings. The van der Waals surface area contributed by atoms with E-state index in [-0.39, 0.29) is 30.4 Å². The maximum Gasteiger partial charge on any atom is 0.321 e. The Balaban J connectivity index is 0.00000176. The molecule has 0 unspecified atom stereocenters. The molecule has 3 N–H and O–H groups in total. The number of urea groups is 1. The standard InChI is InChI=1S/C15H26N4O2.ClH/c20-14(18-15(21)17-13-3-4-13)10-19-7-5-12(6-8-19)16-9-11-1-2-11;/h11-13,16H,1-10H2,(H2,17,18,20,21);1H. The van der Waals surface area contributed by atoms with Crippen LogP contribution in [0.1, 0.15) is 38.5 Å². The smallest absolute Gasteiger partial charge is 0.321 e. The normalized spacial score (nSPS) is 22.7. The van der Waals surface area contributed by atoms with Crippen LogP contribution in [0.3, 0.4) is 0 Å². The van der Waals surface area contributed by atoms with Crippen LogP contribution in [0.25, 0.3) is 0 Å². The largest absolute Gasteiger partial charge is 0.335 e. The number of imide groups is 1. The predicted octanol–water partition coefficient (Wildman–Crippen LogP) is 0.860. The molecule has 126 valence electrons. The minimum Gasteiger partial charge on any atom is -0.335 e. The van der Waals surface area contributed by atoms with Crippen molar-refractivity contribution in [2.45, 2.75) is 50.6 Å². The molecule has 0 aromatic rings. The molecule has 0 bridgehead atoms. The summed E-state index contributed by atoms with van der Waals surface area (Å²) >= 11 is 0. The van der Waals surface area contributed by atoms with Gasteiger partial charge in [0.2, 0.25) is 5.91 Å². The van der Waals surface area contributed by atoms with Crippen molar-refractivity contribution >= 4 is 24.3 Å². The topological polar surface area (TPSA) is 73.5 Å². The van der Waals surface area contributed by atoms with Gasteiger partial charge < -0.3 is 10.6 Å². The Morgan fingerprint density at radius 1 is 0.955 bits per heavy atom. The first kappa shape index (κ1) is 17.5. The van der Waals surface area contributed by atoms with Gasteiger partial charge in [0, 0.05) is 25.2 Å². The van der Waals surface area contributed by atoms with Crippen molar-refractivity contribution in [3.8, 4) is 0 Å². The van der Waals surface area contributed by atoms with Gasteiger partial charge in [0.1, 0.15) is 0 Å². The van der Waals surface area contributed by atoms with Crippen molar-refractivity contribution in [1.82, 2.24) is 20.9 Å². The first-order chi connectivity index (χ1) is 10.2. The van der Waals surface area contributed by atoms with E-state index >= 15 is 0 Å². The summed E-state index contributed by atoms with van der Waals surface area (Å²) in [6.07, 6.45) is 7.01. The van der Waals surface area contributed by atoms with Gasteiger partial charge >= 0.3 is 6.03 Å². The fourth-order valence-corrected chi connectivity index (χ4v) is 2.77. The Hall–Kier alpha value is -0.850.